The number of aliphatic hydroxyl groups excluding tert-OH is 1. The first-order valence-corrected chi connectivity index (χ1v) is 6.49. The maximum atomic E-state index is 9.24. The summed E-state index contributed by atoms with van der Waals surface area (Å²) in [4.78, 5) is 0. The molecule has 1 saturated carbocycles. The second-order valence-corrected chi connectivity index (χ2v) is 5.51. The van der Waals surface area contributed by atoms with Crippen LogP contribution in [0.2, 0.25) is 0 Å². The highest BCUT2D eigenvalue weighted by Crippen LogP contribution is 2.40. The SMILES string of the molecule is OCC1(Oc2ccc3cc(Br)ccc3c2)CC1. The zero-order valence-electron chi connectivity index (χ0n) is 9.32. The molecular formula is C14H13BrO2. The summed E-state index contributed by atoms with van der Waals surface area (Å²) in [6, 6.07) is 12.2. The lowest BCUT2D eigenvalue weighted by Gasteiger charge is -2.15. The van der Waals surface area contributed by atoms with Crippen LogP contribution in [0, 0.1) is 0 Å². The third-order valence-corrected chi connectivity index (χ3v) is 3.70. The number of aliphatic hydroxyl groups is 1. The summed E-state index contributed by atoms with van der Waals surface area (Å²) in [6.45, 7) is 0.103. The molecule has 1 fully saturated rings. The fourth-order valence-corrected chi connectivity index (χ4v) is 2.32. The summed E-state index contributed by atoms with van der Waals surface area (Å²) in [5.41, 5.74) is -0.303. The maximum Gasteiger partial charge on any atom is 0.132 e. The minimum Gasteiger partial charge on any atom is -0.485 e. The molecule has 1 aliphatic rings. The van der Waals surface area contributed by atoms with E-state index in [4.69, 9.17) is 4.74 Å². The summed E-state index contributed by atoms with van der Waals surface area (Å²) in [6.07, 6.45) is 1.89. The number of ether oxygens (including phenoxy) is 1. The Morgan fingerprint density at radius 1 is 1.12 bits per heavy atom. The third-order valence-electron chi connectivity index (χ3n) is 3.20. The fraction of sp³-hybridized carbons (Fsp3) is 0.286. The number of benzene rings is 2. The van der Waals surface area contributed by atoms with Crippen LogP contribution in [0.5, 0.6) is 5.75 Å². The molecule has 0 aromatic heterocycles. The molecule has 3 heteroatoms. The minimum atomic E-state index is -0.303. The van der Waals surface area contributed by atoms with Gasteiger partial charge >= 0.3 is 0 Å². The monoisotopic (exact) mass is 292 g/mol. The van der Waals surface area contributed by atoms with E-state index in [1.807, 2.05) is 24.3 Å². The van der Waals surface area contributed by atoms with Gasteiger partial charge < -0.3 is 9.84 Å². The van der Waals surface area contributed by atoms with Crippen LogP contribution in [-0.4, -0.2) is 17.3 Å². The standard InChI is InChI=1S/C14H13BrO2/c15-12-3-1-11-8-13(4-2-10(11)7-12)17-14(9-16)5-6-14/h1-4,7-8,16H,5-6,9H2. The van der Waals surface area contributed by atoms with Gasteiger partial charge in [-0.2, -0.15) is 0 Å². The van der Waals surface area contributed by atoms with Crippen LogP contribution in [0.1, 0.15) is 12.8 Å². The van der Waals surface area contributed by atoms with Crippen molar-refractivity contribution in [2.45, 2.75) is 18.4 Å². The van der Waals surface area contributed by atoms with Crippen LogP contribution >= 0.6 is 15.9 Å². The summed E-state index contributed by atoms with van der Waals surface area (Å²) < 4.78 is 6.92. The van der Waals surface area contributed by atoms with E-state index in [1.54, 1.807) is 0 Å². The molecule has 0 aliphatic heterocycles. The molecule has 0 saturated heterocycles. The Kier molecular flexibility index (Phi) is 2.60. The van der Waals surface area contributed by atoms with Crippen molar-refractivity contribution >= 4 is 26.7 Å². The second kappa shape index (κ2) is 4.00. The number of rotatable bonds is 3. The maximum absolute atomic E-state index is 9.24. The van der Waals surface area contributed by atoms with Gasteiger partial charge in [-0.05, 0) is 47.9 Å². The molecule has 3 rings (SSSR count). The van der Waals surface area contributed by atoms with Gasteiger partial charge in [0.25, 0.3) is 0 Å². The van der Waals surface area contributed by atoms with Crippen LogP contribution in [0.15, 0.2) is 40.9 Å². The topological polar surface area (TPSA) is 29.5 Å². The molecular weight excluding hydrogens is 280 g/mol. The zero-order valence-corrected chi connectivity index (χ0v) is 10.9. The molecule has 0 unspecified atom stereocenters. The molecule has 88 valence electrons. The summed E-state index contributed by atoms with van der Waals surface area (Å²) in [7, 11) is 0. The Hall–Kier alpha value is -1.06. The molecule has 0 atom stereocenters. The largest absolute Gasteiger partial charge is 0.485 e. The van der Waals surface area contributed by atoms with E-state index in [0.29, 0.717) is 0 Å². The van der Waals surface area contributed by atoms with Gasteiger partial charge in [0.2, 0.25) is 0 Å². The van der Waals surface area contributed by atoms with Crippen molar-refractivity contribution in [3.63, 3.8) is 0 Å². The van der Waals surface area contributed by atoms with E-state index < -0.39 is 0 Å². The Morgan fingerprint density at radius 3 is 2.53 bits per heavy atom. The van der Waals surface area contributed by atoms with Gasteiger partial charge in [0.05, 0.1) is 6.61 Å². The van der Waals surface area contributed by atoms with Crippen LogP contribution < -0.4 is 4.74 Å². The Labute approximate surface area is 108 Å². The predicted octanol–water partition coefficient (Wildman–Crippen LogP) is 3.51. The molecule has 0 radical (unpaired) electrons. The van der Waals surface area contributed by atoms with Crippen LogP contribution in [0.25, 0.3) is 10.8 Å². The van der Waals surface area contributed by atoms with Gasteiger partial charge in [-0.15, -0.1) is 0 Å². The molecule has 17 heavy (non-hydrogen) atoms. The number of hydrogen-bond donors (Lipinski definition) is 1. The van der Waals surface area contributed by atoms with Gasteiger partial charge in [0.15, 0.2) is 0 Å². The van der Waals surface area contributed by atoms with E-state index >= 15 is 0 Å². The number of fused-ring (bicyclic) bond motifs is 1. The summed E-state index contributed by atoms with van der Waals surface area (Å²) >= 11 is 3.46. The van der Waals surface area contributed by atoms with E-state index in [9.17, 15) is 5.11 Å². The first-order valence-electron chi connectivity index (χ1n) is 5.70. The molecule has 0 amide bonds. The quantitative estimate of drug-likeness (QED) is 0.938. The predicted molar refractivity (Wildman–Crippen MR) is 71.3 cm³/mol. The first kappa shape index (κ1) is 11.1. The van der Waals surface area contributed by atoms with Crippen molar-refractivity contribution in [3.8, 4) is 5.75 Å². The molecule has 2 nitrogen and oxygen atoms in total. The van der Waals surface area contributed by atoms with Crippen molar-refractivity contribution in [2.75, 3.05) is 6.61 Å². The van der Waals surface area contributed by atoms with Gasteiger partial charge in [0, 0.05) is 4.47 Å². The number of hydrogen-bond acceptors (Lipinski definition) is 2. The van der Waals surface area contributed by atoms with Crippen molar-refractivity contribution in [1.29, 1.82) is 0 Å². The molecule has 0 spiro atoms. The summed E-state index contributed by atoms with van der Waals surface area (Å²) in [5, 5.41) is 11.6. The molecule has 0 heterocycles. The lowest BCUT2D eigenvalue weighted by molar-refractivity contribution is 0.0955. The van der Waals surface area contributed by atoms with Crippen LogP contribution in [-0.2, 0) is 0 Å². The smallest absolute Gasteiger partial charge is 0.132 e. The van der Waals surface area contributed by atoms with E-state index in [2.05, 4.69) is 28.1 Å². The highest BCUT2D eigenvalue weighted by Gasteiger charge is 2.44. The van der Waals surface area contributed by atoms with Gasteiger partial charge in [0.1, 0.15) is 11.4 Å². The van der Waals surface area contributed by atoms with Gasteiger partial charge in [-0.25, -0.2) is 0 Å². The van der Waals surface area contributed by atoms with Crippen LogP contribution in [0.4, 0.5) is 0 Å². The molecule has 1 aliphatic carbocycles. The normalized spacial score (nSPS) is 17.1. The zero-order chi connectivity index (χ0) is 11.9. The average Bonchev–Trinajstić information content (AvgIpc) is 3.10. The van der Waals surface area contributed by atoms with Crippen molar-refractivity contribution in [1.82, 2.24) is 0 Å². The summed E-state index contributed by atoms with van der Waals surface area (Å²) in [5.74, 6) is 0.839. The molecule has 2 aromatic carbocycles. The van der Waals surface area contributed by atoms with Crippen molar-refractivity contribution in [3.05, 3.63) is 40.9 Å². The molecule has 0 bridgehead atoms. The molecule has 2 aromatic rings. The van der Waals surface area contributed by atoms with Crippen molar-refractivity contribution in [2.24, 2.45) is 0 Å². The van der Waals surface area contributed by atoms with Gasteiger partial charge in [-0.3, -0.25) is 0 Å². The van der Waals surface area contributed by atoms with Gasteiger partial charge in [-0.1, -0.05) is 28.1 Å². The highest BCUT2D eigenvalue weighted by molar-refractivity contribution is 9.10. The highest BCUT2D eigenvalue weighted by atomic mass is 79.9. The minimum absolute atomic E-state index is 0.103. The van der Waals surface area contributed by atoms with E-state index in [1.165, 1.54) is 5.39 Å². The first-order chi connectivity index (χ1) is 8.21. The second-order valence-electron chi connectivity index (χ2n) is 4.60. The third kappa shape index (κ3) is 2.17. The van der Waals surface area contributed by atoms with Crippen molar-refractivity contribution < 1.29 is 9.84 Å². The Morgan fingerprint density at radius 2 is 1.82 bits per heavy atom. The fourth-order valence-electron chi connectivity index (χ4n) is 1.94. The lowest BCUT2D eigenvalue weighted by atomic mass is 10.1. The van der Waals surface area contributed by atoms with E-state index in [0.717, 1.165) is 28.5 Å². The van der Waals surface area contributed by atoms with E-state index in [-0.39, 0.29) is 12.2 Å². The number of halogens is 1. The lowest BCUT2D eigenvalue weighted by Crippen LogP contribution is -2.22. The molecule has 1 N–H and O–H groups in total. The van der Waals surface area contributed by atoms with Crippen LogP contribution in [0.3, 0.4) is 0 Å². The average molecular weight is 293 g/mol. The Balaban J connectivity index is 1.94. The Bertz CT molecular complexity index is 561.